The molecule has 190 valence electrons. The van der Waals surface area contributed by atoms with Crippen molar-refractivity contribution in [3.63, 3.8) is 0 Å². The molecule has 5 rings (SSSR count). The van der Waals surface area contributed by atoms with E-state index < -0.39 is 0 Å². The minimum Gasteiger partial charge on any atom is -0.454 e. The Balaban J connectivity index is 1.16. The fourth-order valence-electron chi connectivity index (χ4n) is 5.26. The van der Waals surface area contributed by atoms with Crippen LogP contribution in [0.2, 0.25) is 0 Å². The Labute approximate surface area is 213 Å². The van der Waals surface area contributed by atoms with Crippen LogP contribution in [0.4, 0.5) is 0 Å². The summed E-state index contributed by atoms with van der Waals surface area (Å²) in [7, 11) is 0. The Morgan fingerprint density at radius 3 is 2.47 bits per heavy atom. The van der Waals surface area contributed by atoms with Gasteiger partial charge in [-0.25, -0.2) is 0 Å². The van der Waals surface area contributed by atoms with Crippen molar-refractivity contribution in [2.45, 2.75) is 58.5 Å². The van der Waals surface area contributed by atoms with Gasteiger partial charge >= 0.3 is 0 Å². The fraction of sp³-hybridized carbons (Fsp3) is 0.467. The molecule has 6 nitrogen and oxygen atoms in total. The number of hydrogen-bond donors (Lipinski definition) is 0. The summed E-state index contributed by atoms with van der Waals surface area (Å²) in [5.41, 5.74) is 2.46. The predicted octanol–water partition coefficient (Wildman–Crippen LogP) is 5.37. The van der Waals surface area contributed by atoms with Crippen LogP contribution in [0.15, 0.2) is 65.2 Å². The summed E-state index contributed by atoms with van der Waals surface area (Å²) in [6.07, 6.45) is 8.13. The van der Waals surface area contributed by atoms with E-state index in [9.17, 15) is 9.59 Å². The molecule has 2 fully saturated rings. The second-order valence-corrected chi connectivity index (χ2v) is 10.4. The van der Waals surface area contributed by atoms with Gasteiger partial charge in [-0.1, -0.05) is 37.3 Å². The summed E-state index contributed by atoms with van der Waals surface area (Å²) in [5.74, 6) is 2.28. The van der Waals surface area contributed by atoms with Gasteiger partial charge in [-0.05, 0) is 74.3 Å². The standard InChI is InChI=1S/C30H37N3O3/c1-2-16-33(29(34)25-10-11-25)21-26-9-6-17-32(26)22-27-12-13-28(36-27)30(35)31-18-14-24(15-19-31)20-23-7-4-3-5-8-23/h3-9,12-13,17,24-25H,2,10-11,14-16,18-22H2,1H3. The van der Waals surface area contributed by atoms with Crippen LogP contribution >= 0.6 is 0 Å². The van der Waals surface area contributed by atoms with E-state index in [1.54, 1.807) is 6.07 Å². The van der Waals surface area contributed by atoms with E-state index in [1.165, 1.54) is 5.56 Å². The molecule has 0 atom stereocenters. The van der Waals surface area contributed by atoms with Gasteiger partial charge in [0.05, 0.1) is 13.1 Å². The van der Waals surface area contributed by atoms with Gasteiger partial charge in [0.1, 0.15) is 5.76 Å². The molecule has 1 aromatic carbocycles. The van der Waals surface area contributed by atoms with Crippen LogP contribution in [0.3, 0.4) is 0 Å². The molecule has 3 aromatic rings. The lowest BCUT2D eigenvalue weighted by molar-refractivity contribution is -0.133. The molecule has 36 heavy (non-hydrogen) atoms. The second kappa shape index (κ2) is 11.2. The zero-order valence-electron chi connectivity index (χ0n) is 21.3. The Morgan fingerprint density at radius 2 is 1.75 bits per heavy atom. The zero-order chi connectivity index (χ0) is 24.9. The first-order chi connectivity index (χ1) is 17.6. The van der Waals surface area contributed by atoms with Gasteiger partial charge in [0, 0.05) is 37.4 Å². The molecule has 0 radical (unpaired) electrons. The number of furan rings is 1. The minimum absolute atomic E-state index is 0.0173. The fourth-order valence-corrected chi connectivity index (χ4v) is 5.26. The summed E-state index contributed by atoms with van der Waals surface area (Å²) in [6.45, 7) is 5.60. The third kappa shape index (κ3) is 5.92. The first-order valence-electron chi connectivity index (χ1n) is 13.5. The van der Waals surface area contributed by atoms with Gasteiger partial charge in [0.25, 0.3) is 5.91 Å². The highest BCUT2D eigenvalue weighted by atomic mass is 16.4. The average Bonchev–Trinajstić information content (AvgIpc) is 3.50. The van der Waals surface area contributed by atoms with E-state index in [4.69, 9.17) is 4.42 Å². The quantitative estimate of drug-likeness (QED) is 0.386. The number of amides is 2. The molecule has 1 aliphatic carbocycles. The van der Waals surface area contributed by atoms with Crippen molar-refractivity contribution in [2.24, 2.45) is 11.8 Å². The van der Waals surface area contributed by atoms with Crippen molar-refractivity contribution in [1.82, 2.24) is 14.4 Å². The first kappa shape index (κ1) is 24.4. The van der Waals surface area contributed by atoms with Crippen molar-refractivity contribution in [1.29, 1.82) is 0 Å². The SMILES string of the molecule is CCCN(Cc1cccn1Cc1ccc(C(=O)N2CCC(Cc3ccccc3)CC2)o1)C(=O)C1CC1. The Hall–Kier alpha value is -3.28. The van der Waals surface area contributed by atoms with Crippen molar-refractivity contribution in [2.75, 3.05) is 19.6 Å². The maximum Gasteiger partial charge on any atom is 0.289 e. The van der Waals surface area contributed by atoms with Gasteiger partial charge in [0.2, 0.25) is 5.91 Å². The van der Waals surface area contributed by atoms with Crippen molar-refractivity contribution in [3.8, 4) is 0 Å². The highest BCUT2D eigenvalue weighted by molar-refractivity contribution is 5.91. The maximum atomic E-state index is 13.1. The highest BCUT2D eigenvalue weighted by Crippen LogP contribution is 2.31. The average molecular weight is 488 g/mol. The molecular weight excluding hydrogens is 450 g/mol. The summed E-state index contributed by atoms with van der Waals surface area (Å²) in [4.78, 5) is 29.7. The van der Waals surface area contributed by atoms with Crippen LogP contribution < -0.4 is 0 Å². The van der Waals surface area contributed by atoms with E-state index in [1.807, 2.05) is 28.1 Å². The van der Waals surface area contributed by atoms with Crippen LogP contribution in [0, 0.1) is 11.8 Å². The Bertz CT molecular complexity index is 1150. The molecule has 0 bridgehead atoms. The normalized spacial score (nSPS) is 16.3. The van der Waals surface area contributed by atoms with E-state index in [0.29, 0.717) is 24.8 Å². The molecule has 0 unspecified atom stereocenters. The lowest BCUT2D eigenvalue weighted by Crippen LogP contribution is -2.38. The maximum absolute atomic E-state index is 13.1. The molecule has 2 aromatic heterocycles. The van der Waals surface area contributed by atoms with E-state index in [-0.39, 0.29) is 17.7 Å². The number of hydrogen-bond acceptors (Lipinski definition) is 3. The van der Waals surface area contributed by atoms with Crippen LogP contribution in [0.5, 0.6) is 0 Å². The number of rotatable bonds is 10. The van der Waals surface area contributed by atoms with Crippen LogP contribution in [0.1, 0.15) is 66.6 Å². The molecule has 1 saturated heterocycles. The summed E-state index contributed by atoms with van der Waals surface area (Å²) >= 11 is 0. The largest absolute Gasteiger partial charge is 0.454 e. The smallest absolute Gasteiger partial charge is 0.289 e. The molecule has 0 N–H and O–H groups in total. The van der Waals surface area contributed by atoms with Crippen LogP contribution in [0.25, 0.3) is 0 Å². The monoisotopic (exact) mass is 487 g/mol. The van der Waals surface area contributed by atoms with E-state index >= 15 is 0 Å². The van der Waals surface area contributed by atoms with Gasteiger partial charge in [-0.15, -0.1) is 0 Å². The molecular formula is C30H37N3O3. The number of nitrogens with zero attached hydrogens (tertiary/aromatic N) is 3. The lowest BCUT2D eigenvalue weighted by atomic mass is 9.90. The number of piperidine rings is 1. The summed E-state index contributed by atoms with van der Waals surface area (Å²) < 4.78 is 8.12. The van der Waals surface area contributed by atoms with Gasteiger partial charge in [-0.2, -0.15) is 0 Å². The topological polar surface area (TPSA) is 58.7 Å². The van der Waals surface area contributed by atoms with E-state index in [0.717, 1.165) is 69.6 Å². The number of carbonyl (C=O) groups excluding carboxylic acids is 2. The summed E-state index contributed by atoms with van der Waals surface area (Å²) in [6, 6.07) is 18.4. The first-order valence-corrected chi connectivity index (χ1v) is 13.5. The van der Waals surface area contributed by atoms with Gasteiger partial charge < -0.3 is 18.8 Å². The Kier molecular flexibility index (Phi) is 7.59. The molecule has 1 aliphatic heterocycles. The number of benzene rings is 1. The third-order valence-corrected chi connectivity index (χ3v) is 7.48. The van der Waals surface area contributed by atoms with Crippen molar-refractivity contribution in [3.05, 3.63) is 83.6 Å². The third-order valence-electron chi connectivity index (χ3n) is 7.48. The van der Waals surface area contributed by atoms with Gasteiger partial charge in [0.15, 0.2) is 5.76 Å². The minimum atomic E-state index is -0.0173. The molecule has 2 amide bonds. The highest BCUT2D eigenvalue weighted by Gasteiger charge is 2.33. The Morgan fingerprint density at radius 1 is 0.972 bits per heavy atom. The second-order valence-electron chi connectivity index (χ2n) is 10.4. The van der Waals surface area contributed by atoms with Crippen molar-refractivity contribution >= 4 is 11.8 Å². The lowest BCUT2D eigenvalue weighted by Gasteiger charge is -2.31. The number of likely N-dealkylation sites (tertiary alicyclic amines) is 1. The van der Waals surface area contributed by atoms with Crippen LogP contribution in [-0.4, -0.2) is 45.8 Å². The summed E-state index contributed by atoms with van der Waals surface area (Å²) in [5, 5.41) is 0. The number of aromatic nitrogens is 1. The van der Waals surface area contributed by atoms with Crippen molar-refractivity contribution < 1.29 is 14.0 Å². The molecule has 6 heteroatoms. The molecule has 2 aliphatic rings. The molecule has 0 spiro atoms. The molecule has 3 heterocycles. The molecule has 1 saturated carbocycles. The predicted molar refractivity (Wildman–Crippen MR) is 139 cm³/mol. The van der Waals surface area contributed by atoms with Crippen LogP contribution in [-0.2, 0) is 24.3 Å². The zero-order valence-corrected chi connectivity index (χ0v) is 21.3. The van der Waals surface area contributed by atoms with E-state index in [2.05, 4.69) is 47.9 Å². The number of carbonyl (C=O) groups is 2. The van der Waals surface area contributed by atoms with Gasteiger partial charge in [-0.3, -0.25) is 9.59 Å².